The van der Waals surface area contributed by atoms with Crippen LogP contribution in [-0.4, -0.2) is 32.6 Å². The van der Waals surface area contributed by atoms with Crippen molar-refractivity contribution in [3.63, 3.8) is 0 Å². The van der Waals surface area contributed by atoms with Crippen molar-refractivity contribution in [3.8, 4) is 0 Å². The van der Waals surface area contributed by atoms with Gasteiger partial charge in [-0.25, -0.2) is 9.44 Å². The smallest absolute Gasteiger partial charge is 0.303 e. The highest BCUT2D eigenvalue weighted by molar-refractivity contribution is 7.87. The molecule has 0 unspecified atom stereocenters. The van der Waals surface area contributed by atoms with Crippen molar-refractivity contribution >= 4 is 16.2 Å². The number of carbonyl (C=O) groups is 1. The van der Waals surface area contributed by atoms with Gasteiger partial charge in [-0.1, -0.05) is 6.92 Å². The van der Waals surface area contributed by atoms with Gasteiger partial charge >= 0.3 is 5.97 Å². The van der Waals surface area contributed by atoms with Gasteiger partial charge in [0, 0.05) is 19.5 Å². The molecule has 0 aliphatic heterocycles. The first-order valence-electron chi connectivity index (χ1n) is 4.44. The van der Waals surface area contributed by atoms with E-state index in [-0.39, 0.29) is 13.0 Å². The number of hydrogen-bond donors (Lipinski definition) is 3. The Hall–Kier alpha value is -0.660. The van der Waals surface area contributed by atoms with Crippen LogP contribution < -0.4 is 9.44 Å². The van der Waals surface area contributed by atoms with Gasteiger partial charge in [-0.15, -0.1) is 0 Å². The molecule has 0 bridgehead atoms. The fourth-order valence-electron chi connectivity index (χ4n) is 0.849. The number of unbranched alkanes of at least 4 members (excludes halogenated alkanes) is 1. The van der Waals surface area contributed by atoms with E-state index in [0.29, 0.717) is 19.4 Å². The van der Waals surface area contributed by atoms with Crippen molar-refractivity contribution in [2.75, 3.05) is 13.1 Å². The third kappa shape index (κ3) is 7.96. The average molecular weight is 224 g/mol. The predicted molar refractivity (Wildman–Crippen MR) is 52.1 cm³/mol. The third-order valence-electron chi connectivity index (χ3n) is 1.44. The molecule has 14 heavy (non-hydrogen) atoms. The van der Waals surface area contributed by atoms with Crippen molar-refractivity contribution in [2.45, 2.75) is 26.2 Å². The average Bonchev–Trinajstić information content (AvgIpc) is 2.02. The number of aliphatic carboxylic acids is 1. The minimum Gasteiger partial charge on any atom is -0.481 e. The maximum Gasteiger partial charge on any atom is 0.303 e. The summed E-state index contributed by atoms with van der Waals surface area (Å²) >= 11 is 0. The van der Waals surface area contributed by atoms with Crippen molar-refractivity contribution in [3.05, 3.63) is 0 Å². The summed E-state index contributed by atoms with van der Waals surface area (Å²) in [4.78, 5) is 10.1. The van der Waals surface area contributed by atoms with E-state index in [1.165, 1.54) is 0 Å². The molecule has 0 aromatic heterocycles. The van der Waals surface area contributed by atoms with Crippen molar-refractivity contribution < 1.29 is 18.3 Å². The summed E-state index contributed by atoms with van der Waals surface area (Å²) in [5.74, 6) is -0.862. The van der Waals surface area contributed by atoms with Gasteiger partial charge in [-0.05, 0) is 12.8 Å². The number of carboxylic acids is 1. The van der Waals surface area contributed by atoms with Gasteiger partial charge in [-0.2, -0.15) is 8.42 Å². The van der Waals surface area contributed by atoms with Gasteiger partial charge in [0.15, 0.2) is 0 Å². The molecular formula is C7H16N2O4S. The van der Waals surface area contributed by atoms with E-state index >= 15 is 0 Å². The van der Waals surface area contributed by atoms with E-state index in [1.54, 1.807) is 6.92 Å². The summed E-state index contributed by atoms with van der Waals surface area (Å²) in [7, 11) is -3.38. The van der Waals surface area contributed by atoms with E-state index in [4.69, 9.17) is 5.11 Å². The molecule has 0 fully saturated rings. The van der Waals surface area contributed by atoms with E-state index in [1.807, 2.05) is 0 Å². The maximum absolute atomic E-state index is 11.0. The van der Waals surface area contributed by atoms with Crippen LogP contribution in [0.3, 0.4) is 0 Å². The molecule has 7 heteroatoms. The SMILES string of the molecule is CCNS(=O)(=O)NCCCCC(=O)O. The van der Waals surface area contributed by atoms with Crippen LogP contribution in [-0.2, 0) is 15.0 Å². The minimum absolute atomic E-state index is 0.0724. The van der Waals surface area contributed by atoms with Gasteiger partial charge < -0.3 is 5.11 Å². The van der Waals surface area contributed by atoms with Gasteiger partial charge in [0.1, 0.15) is 0 Å². The molecule has 6 nitrogen and oxygen atoms in total. The minimum atomic E-state index is -3.38. The zero-order valence-corrected chi connectivity index (χ0v) is 8.93. The number of hydrogen-bond acceptors (Lipinski definition) is 3. The first kappa shape index (κ1) is 13.3. The summed E-state index contributed by atoms with van der Waals surface area (Å²) in [6, 6.07) is 0. The molecule has 3 N–H and O–H groups in total. The molecule has 0 amide bonds. The highest BCUT2D eigenvalue weighted by Crippen LogP contribution is 1.93. The van der Waals surface area contributed by atoms with E-state index < -0.39 is 16.2 Å². The second kappa shape index (κ2) is 6.74. The standard InChI is InChI=1S/C7H16N2O4S/c1-2-8-14(12,13)9-6-4-3-5-7(10)11/h8-9H,2-6H2,1H3,(H,10,11). The molecule has 0 aliphatic rings. The predicted octanol–water partition coefficient (Wildman–Crippen LogP) is -0.315. The Bertz CT molecular complexity index is 263. The van der Waals surface area contributed by atoms with Gasteiger partial charge in [-0.3, -0.25) is 4.79 Å². The van der Waals surface area contributed by atoms with Crippen LogP contribution in [0.15, 0.2) is 0 Å². The number of carboxylic acid groups (broad SMARTS) is 1. The molecule has 0 radical (unpaired) electrons. The molecule has 0 atom stereocenters. The summed E-state index contributed by atoms with van der Waals surface area (Å²) < 4.78 is 26.5. The van der Waals surface area contributed by atoms with Crippen molar-refractivity contribution in [2.24, 2.45) is 0 Å². The van der Waals surface area contributed by atoms with Crippen LogP contribution in [0.2, 0.25) is 0 Å². The highest BCUT2D eigenvalue weighted by Gasteiger charge is 2.05. The van der Waals surface area contributed by atoms with Crippen LogP contribution in [0, 0.1) is 0 Å². The van der Waals surface area contributed by atoms with Gasteiger partial charge in [0.25, 0.3) is 10.2 Å². The molecule has 0 saturated heterocycles. The van der Waals surface area contributed by atoms with Crippen LogP contribution in [0.4, 0.5) is 0 Å². The number of rotatable bonds is 8. The molecule has 0 heterocycles. The summed E-state index contributed by atoms with van der Waals surface area (Å²) in [6.07, 6.45) is 1.07. The molecule has 0 rings (SSSR count). The Labute approximate surface area is 83.9 Å². The Kier molecular flexibility index (Phi) is 6.43. The summed E-state index contributed by atoms with van der Waals surface area (Å²) in [5, 5.41) is 8.31. The number of nitrogens with one attached hydrogen (secondary N) is 2. The maximum atomic E-state index is 11.0. The van der Waals surface area contributed by atoms with Crippen LogP contribution in [0.25, 0.3) is 0 Å². The Morgan fingerprint density at radius 3 is 2.43 bits per heavy atom. The largest absolute Gasteiger partial charge is 0.481 e. The van der Waals surface area contributed by atoms with Crippen molar-refractivity contribution in [1.82, 2.24) is 9.44 Å². The normalized spacial score (nSPS) is 11.5. The summed E-state index contributed by atoms with van der Waals surface area (Å²) in [6.45, 7) is 2.29. The van der Waals surface area contributed by atoms with Crippen LogP contribution in [0.5, 0.6) is 0 Å². The van der Waals surface area contributed by atoms with E-state index in [2.05, 4.69) is 9.44 Å². The quantitative estimate of drug-likeness (QED) is 0.493. The lowest BCUT2D eigenvalue weighted by atomic mass is 10.2. The molecule has 0 spiro atoms. The zero-order valence-electron chi connectivity index (χ0n) is 8.12. The Morgan fingerprint density at radius 1 is 1.29 bits per heavy atom. The topological polar surface area (TPSA) is 95.5 Å². The lowest BCUT2D eigenvalue weighted by Gasteiger charge is -2.05. The monoisotopic (exact) mass is 224 g/mol. The van der Waals surface area contributed by atoms with Crippen LogP contribution >= 0.6 is 0 Å². The second-order valence-electron chi connectivity index (χ2n) is 2.75. The van der Waals surface area contributed by atoms with Crippen LogP contribution in [0.1, 0.15) is 26.2 Å². The zero-order chi connectivity index (χ0) is 11.0. The Morgan fingerprint density at radius 2 is 1.93 bits per heavy atom. The van der Waals surface area contributed by atoms with E-state index in [9.17, 15) is 13.2 Å². The molecule has 0 aromatic carbocycles. The molecule has 84 valence electrons. The van der Waals surface area contributed by atoms with E-state index in [0.717, 1.165) is 0 Å². The first-order chi connectivity index (χ1) is 6.48. The highest BCUT2D eigenvalue weighted by atomic mass is 32.2. The van der Waals surface area contributed by atoms with Gasteiger partial charge in [0.2, 0.25) is 0 Å². The fourth-order valence-corrected chi connectivity index (χ4v) is 1.74. The van der Waals surface area contributed by atoms with Crippen molar-refractivity contribution in [1.29, 1.82) is 0 Å². The fraction of sp³-hybridized carbons (Fsp3) is 0.857. The molecular weight excluding hydrogens is 208 g/mol. The lowest BCUT2D eigenvalue weighted by molar-refractivity contribution is -0.137. The first-order valence-corrected chi connectivity index (χ1v) is 5.92. The Balaban J connectivity index is 3.49. The summed E-state index contributed by atoms with van der Waals surface area (Å²) in [5.41, 5.74) is 0. The molecule has 0 saturated carbocycles. The molecule has 0 aromatic rings. The second-order valence-corrected chi connectivity index (χ2v) is 4.33. The molecule has 0 aliphatic carbocycles. The third-order valence-corrected chi connectivity index (χ3v) is 2.70. The lowest BCUT2D eigenvalue weighted by Crippen LogP contribution is -2.36. The van der Waals surface area contributed by atoms with Gasteiger partial charge in [0.05, 0.1) is 0 Å².